The van der Waals surface area contributed by atoms with Crippen LogP contribution in [-0.2, 0) is 9.59 Å². The number of hydrogen-bond acceptors (Lipinski definition) is 7. The fraction of sp³-hybridized carbons (Fsp3) is 0.294. The third-order valence-corrected chi connectivity index (χ3v) is 5.43. The summed E-state index contributed by atoms with van der Waals surface area (Å²) in [4.78, 5) is 34.4. The Morgan fingerprint density at radius 1 is 1.46 bits per heavy atom. The summed E-state index contributed by atoms with van der Waals surface area (Å²) in [5.41, 5.74) is -0.790. The number of nitro benzene ring substituents is 1. The van der Waals surface area contributed by atoms with Crippen molar-refractivity contribution in [2.45, 2.75) is 13.8 Å². The molecule has 9 nitrogen and oxygen atoms in total. The number of nitrogens with one attached hydrogen (secondary N) is 2. The molecule has 1 aromatic carbocycles. The van der Waals surface area contributed by atoms with E-state index in [9.17, 15) is 30.2 Å². The van der Waals surface area contributed by atoms with Gasteiger partial charge in [0.05, 0.1) is 44.1 Å². The molecular formula is C17H14ClN5O4S. The van der Waals surface area contributed by atoms with E-state index < -0.39 is 28.1 Å². The number of nitriles is 2. The van der Waals surface area contributed by atoms with Gasteiger partial charge in [-0.2, -0.15) is 10.5 Å². The van der Waals surface area contributed by atoms with Gasteiger partial charge in [-0.3, -0.25) is 19.7 Å². The first-order chi connectivity index (χ1) is 13.1. The lowest BCUT2D eigenvalue weighted by Crippen LogP contribution is -2.44. The molecule has 0 fully saturated rings. The number of benzene rings is 1. The van der Waals surface area contributed by atoms with Gasteiger partial charge in [0.25, 0.3) is 5.69 Å². The highest BCUT2D eigenvalue weighted by Gasteiger charge is 2.44. The van der Waals surface area contributed by atoms with Crippen molar-refractivity contribution in [1.29, 1.82) is 10.5 Å². The van der Waals surface area contributed by atoms with Crippen LogP contribution in [-0.4, -0.2) is 22.5 Å². The molecule has 2 rings (SSSR count). The highest BCUT2D eigenvalue weighted by molar-refractivity contribution is 8.03. The number of hydrogen-bond donors (Lipinski definition) is 2. The smallest absolute Gasteiger partial charge is 0.271 e. The van der Waals surface area contributed by atoms with Gasteiger partial charge in [-0.25, -0.2) is 0 Å². The summed E-state index contributed by atoms with van der Waals surface area (Å²) in [6.45, 7) is 3.24. The Kier molecular flexibility index (Phi) is 6.29. The van der Waals surface area contributed by atoms with Gasteiger partial charge in [0, 0.05) is 17.5 Å². The fourth-order valence-corrected chi connectivity index (χ4v) is 3.77. The van der Waals surface area contributed by atoms with Crippen molar-refractivity contribution >= 4 is 46.6 Å². The van der Waals surface area contributed by atoms with Crippen LogP contribution in [0.25, 0.3) is 0 Å². The zero-order chi connectivity index (χ0) is 21.1. The Bertz CT molecular complexity index is 977. The summed E-state index contributed by atoms with van der Waals surface area (Å²) in [7, 11) is 0. The first kappa shape index (κ1) is 21.2. The van der Waals surface area contributed by atoms with Crippen LogP contribution in [0.4, 0.5) is 11.4 Å². The van der Waals surface area contributed by atoms with Crippen LogP contribution in [0.1, 0.15) is 13.8 Å². The van der Waals surface area contributed by atoms with Crippen molar-refractivity contribution in [3.05, 3.63) is 43.9 Å². The van der Waals surface area contributed by atoms with E-state index in [4.69, 9.17) is 11.6 Å². The average Bonchev–Trinajstić information content (AvgIpc) is 2.61. The van der Waals surface area contributed by atoms with E-state index >= 15 is 0 Å². The van der Waals surface area contributed by atoms with Crippen LogP contribution in [0, 0.1) is 44.1 Å². The summed E-state index contributed by atoms with van der Waals surface area (Å²) in [5.74, 6) is -2.19. The van der Waals surface area contributed by atoms with Crippen molar-refractivity contribution in [2.24, 2.45) is 11.3 Å². The molecule has 1 aliphatic heterocycles. The lowest BCUT2D eigenvalue weighted by molar-refractivity contribution is -0.384. The molecule has 0 spiro atoms. The number of carbonyl (C=O) groups is 2. The molecule has 0 unspecified atom stereocenters. The van der Waals surface area contributed by atoms with E-state index in [1.165, 1.54) is 12.1 Å². The Hall–Kier alpha value is -3.08. The largest absolute Gasteiger partial charge is 0.324 e. The number of anilines is 1. The van der Waals surface area contributed by atoms with Crippen LogP contribution in [0.5, 0.6) is 0 Å². The van der Waals surface area contributed by atoms with E-state index in [0.29, 0.717) is 0 Å². The molecule has 1 heterocycles. The minimum Gasteiger partial charge on any atom is -0.324 e. The van der Waals surface area contributed by atoms with Gasteiger partial charge in [0.1, 0.15) is 5.92 Å². The monoisotopic (exact) mass is 419 g/mol. The number of carbonyl (C=O) groups excluding carboxylic acids is 2. The quantitative estimate of drug-likeness (QED) is 0.550. The summed E-state index contributed by atoms with van der Waals surface area (Å²) in [5, 5.41) is 34.6. The molecule has 0 saturated carbocycles. The van der Waals surface area contributed by atoms with Crippen LogP contribution < -0.4 is 10.6 Å². The second-order valence-corrected chi connectivity index (χ2v) is 7.74. The standard InChI is InChI=1S/C17H14ClN5O4S/c1-17(2)10(6-19)15(25)22-16(11(17)7-20)28-8-14(24)21-13-4-3-9(23(26)27)5-12(13)18/h3-5,10H,8H2,1-2H3,(H,21,24)(H,22,25)/t10-/m0/s1. The zero-order valence-electron chi connectivity index (χ0n) is 14.8. The molecule has 1 aliphatic rings. The van der Waals surface area contributed by atoms with Gasteiger partial charge < -0.3 is 10.6 Å². The summed E-state index contributed by atoms with van der Waals surface area (Å²) in [6, 6.07) is 7.54. The molecule has 2 amide bonds. The first-order valence-electron chi connectivity index (χ1n) is 7.83. The number of amides is 2. The Balaban J connectivity index is 2.13. The van der Waals surface area contributed by atoms with E-state index in [2.05, 4.69) is 10.6 Å². The molecule has 0 bridgehead atoms. The number of nitro groups is 1. The van der Waals surface area contributed by atoms with Gasteiger partial charge in [0.15, 0.2) is 0 Å². The van der Waals surface area contributed by atoms with E-state index in [0.717, 1.165) is 17.8 Å². The van der Waals surface area contributed by atoms with Crippen molar-refractivity contribution in [1.82, 2.24) is 5.32 Å². The topological polar surface area (TPSA) is 149 Å². The van der Waals surface area contributed by atoms with Crippen LogP contribution in [0.3, 0.4) is 0 Å². The molecule has 0 radical (unpaired) electrons. The van der Waals surface area contributed by atoms with Gasteiger partial charge in [-0.1, -0.05) is 37.2 Å². The maximum Gasteiger partial charge on any atom is 0.271 e. The third-order valence-electron chi connectivity index (χ3n) is 4.12. The first-order valence-corrected chi connectivity index (χ1v) is 9.20. The predicted octanol–water partition coefficient (Wildman–Crippen LogP) is 2.95. The molecule has 2 N–H and O–H groups in total. The number of non-ortho nitro benzene ring substituents is 1. The molecule has 11 heteroatoms. The molecule has 1 aromatic rings. The minimum atomic E-state index is -1.01. The van der Waals surface area contributed by atoms with Crippen molar-refractivity contribution in [3.63, 3.8) is 0 Å². The van der Waals surface area contributed by atoms with Crippen molar-refractivity contribution in [3.8, 4) is 12.1 Å². The average molecular weight is 420 g/mol. The van der Waals surface area contributed by atoms with Gasteiger partial charge in [-0.05, 0) is 6.07 Å². The molecular weight excluding hydrogens is 406 g/mol. The minimum absolute atomic E-state index is 0.00782. The number of thioether (sulfide) groups is 1. The molecule has 1 atom stereocenters. The lowest BCUT2D eigenvalue weighted by Gasteiger charge is -2.34. The van der Waals surface area contributed by atoms with E-state index in [-0.39, 0.29) is 32.8 Å². The summed E-state index contributed by atoms with van der Waals surface area (Å²) < 4.78 is 0. The van der Waals surface area contributed by atoms with Crippen LogP contribution >= 0.6 is 23.4 Å². The lowest BCUT2D eigenvalue weighted by atomic mass is 9.72. The second kappa shape index (κ2) is 8.30. The maximum absolute atomic E-state index is 12.2. The highest BCUT2D eigenvalue weighted by Crippen LogP contribution is 2.41. The second-order valence-electron chi connectivity index (χ2n) is 6.35. The van der Waals surface area contributed by atoms with Crippen LogP contribution in [0.2, 0.25) is 5.02 Å². The number of nitrogens with zero attached hydrogens (tertiary/aromatic N) is 3. The number of halogens is 1. The summed E-state index contributed by atoms with van der Waals surface area (Å²) in [6.07, 6.45) is 0. The molecule has 0 aromatic heterocycles. The maximum atomic E-state index is 12.2. The zero-order valence-corrected chi connectivity index (χ0v) is 16.3. The molecule has 0 saturated heterocycles. The number of rotatable bonds is 5. The Morgan fingerprint density at radius 3 is 2.68 bits per heavy atom. The SMILES string of the molecule is CC1(C)C(C#N)=C(SCC(=O)Nc2ccc([N+](=O)[O-])cc2Cl)NC(=O)[C@@H]1C#N. The molecule has 144 valence electrons. The normalized spacial score (nSPS) is 17.9. The summed E-state index contributed by atoms with van der Waals surface area (Å²) >= 11 is 6.88. The third kappa shape index (κ3) is 4.25. The van der Waals surface area contributed by atoms with Gasteiger partial charge in [0.2, 0.25) is 11.8 Å². The van der Waals surface area contributed by atoms with Crippen LogP contribution in [0.15, 0.2) is 28.8 Å². The number of allylic oxidation sites excluding steroid dienone is 1. The van der Waals surface area contributed by atoms with Gasteiger partial charge >= 0.3 is 0 Å². The molecule has 0 aliphatic carbocycles. The molecule has 28 heavy (non-hydrogen) atoms. The highest BCUT2D eigenvalue weighted by atomic mass is 35.5. The van der Waals surface area contributed by atoms with E-state index in [1.807, 2.05) is 12.1 Å². The Labute approximate surface area is 169 Å². The van der Waals surface area contributed by atoms with E-state index in [1.54, 1.807) is 13.8 Å². The van der Waals surface area contributed by atoms with Crippen molar-refractivity contribution in [2.75, 3.05) is 11.1 Å². The van der Waals surface area contributed by atoms with Crippen molar-refractivity contribution < 1.29 is 14.5 Å². The van der Waals surface area contributed by atoms with Gasteiger partial charge in [-0.15, -0.1) is 0 Å². The predicted molar refractivity (Wildman–Crippen MR) is 103 cm³/mol. The Morgan fingerprint density at radius 2 is 2.14 bits per heavy atom. The fourth-order valence-electron chi connectivity index (χ4n) is 2.58.